The van der Waals surface area contributed by atoms with Crippen molar-refractivity contribution in [1.82, 2.24) is 5.32 Å². The quantitative estimate of drug-likeness (QED) is 0.789. The molecule has 1 unspecified atom stereocenters. The Labute approximate surface area is 116 Å². The van der Waals surface area contributed by atoms with Crippen LogP contribution >= 0.6 is 0 Å². The van der Waals surface area contributed by atoms with Gasteiger partial charge in [-0.15, -0.1) is 12.3 Å². The number of hydrogen-bond acceptors (Lipinski definition) is 2. The monoisotopic (exact) mass is 257 g/mol. The molecule has 0 aromatic heterocycles. The predicted molar refractivity (Wildman–Crippen MR) is 79.4 cm³/mol. The first-order valence-corrected chi connectivity index (χ1v) is 7.10. The predicted octanol–water partition coefficient (Wildman–Crippen LogP) is 3.33. The van der Waals surface area contributed by atoms with Crippen LogP contribution in [0.15, 0.2) is 24.3 Å². The maximum atomic E-state index is 5.39. The number of hydrogen-bond donors (Lipinski definition) is 1. The van der Waals surface area contributed by atoms with Gasteiger partial charge in [0.1, 0.15) is 5.75 Å². The average Bonchev–Trinajstić information content (AvgIpc) is 2.41. The third-order valence-corrected chi connectivity index (χ3v) is 4.03. The molecule has 0 heterocycles. The summed E-state index contributed by atoms with van der Waals surface area (Å²) in [6, 6.07) is 9.51. The lowest BCUT2D eigenvalue weighted by Gasteiger charge is -2.38. The largest absolute Gasteiger partial charge is 0.497 e. The lowest BCUT2D eigenvalue weighted by Crippen LogP contribution is -2.45. The van der Waals surface area contributed by atoms with Gasteiger partial charge in [0, 0.05) is 18.5 Å². The first kappa shape index (κ1) is 14.0. The topological polar surface area (TPSA) is 21.3 Å². The Balaban J connectivity index is 1.84. The van der Waals surface area contributed by atoms with Crippen molar-refractivity contribution in [3.8, 4) is 18.1 Å². The highest BCUT2D eigenvalue weighted by Crippen LogP contribution is 2.38. The number of benzene rings is 1. The lowest BCUT2D eigenvalue weighted by atomic mass is 9.75. The first-order chi connectivity index (χ1) is 9.26. The molecule has 0 amide bonds. The summed E-state index contributed by atoms with van der Waals surface area (Å²) in [4.78, 5) is 0. The van der Waals surface area contributed by atoms with E-state index in [1.807, 2.05) is 6.07 Å². The van der Waals surface area contributed by atoms with Crippen molar-refractivity contribution in [2.75, 3.05) is 7.11 Å². The van der Waals surface area contributed by atoms with Crippen LogP contribution in [-0.2, 0) is 0 Å². The summed E-state index contributed by atoms with van der Waals surface area (Å²) in [5.74, 6) is 4.37. The van der Waals surface area contributed by atoms with E-state index in [1.165, 1.54) is 18.4 Å². The second-order valence-electron chi connectivity index (χ2n) is 5.32. The molecule has 1 aromatic carbocycles. The van der Waals surface area contributed by atoms with E-state index in [1.54, 1.807) is 7.11 Å². The van der Waals surface area contributed by atoms with E-state index in [0.717, 1.165) is 18.6 Å². The van der Waals surface area contributed by atoms with Crippen LogP contribution in [0.3, 0.4) is 0 Å². The summed E-state index contributed by atoms with van der Waals surface area (Å²) in [5.41, 5.74) is 1.39. The highest BCUT2D eigenvalue weighted by atomic mass is 16.5. The number of ether oxygens (including phenoxy) is 1. The van der Waals surface area contributed by atoms with Gasteiger partial charge in [-0.1, -0.05) is 19.1 Å². The van der Waals surface area contributed by atoms with Gasteiger partial charge in [0.25, 0.3) is 0 Å². The zero-order chi connectivity index (χ0) is 13.7. The summed E-state index contributed by atoms with van der Waals surface area (Å²) >= 11 is 0. The fraction of sp³-hybridized carbons (Fsp3) is 0.529. The van der Waals surface area contributed by atoms with E-state index in [4.69, 9.17) is 11.2 Å². The van der Waals surface area contributed by atoms with Gasteiger partial charge in [0.2, 0.25) is 0 Å². The molecule has 1 aliphatic carbocycles. The minimum atomic E-state index is 0.473. The van der Waals surface area contributed by atoms with Crippen molar-refractivity contribution >= 4 is 0 Å². The summed E-state index contributed by atoms with van der Waals surface area (Å²) in [7, 11) is 1.72. The summed E-state index contributed by atoms with van der Waals surface area (Å²) < 4.78 is 5.28. The molecule has 102 valence electrons. The molecule has 1 fully saturated rings. The molecule has 2 heteroatoms. The maximum absolute atomic E-state index is 5.39. The van der Waals surface area contributed by atoms with Crippen molar-refractivity contribution in [2.24, 2.45) is 0 Å². The molecule has 19 heavy (non-hydrogen) atoms. The lowest BCUT2D eigenvalue weighted by molar-refractivity contribution is 0.262. The molecule has 0 saturated heterocycles. The van der Waals surface area contributed by atoms with E-state index in [2.05, 4.69) is 36.4 Å². The van der Waals surface area contributed by atoms with Crippen molar-refractivity contribution in [3.05, 3.63) is 29.8 Å². The molecule has 1 saturated carbocycles. The molecule has 1 aliphatic rings. The van der Waals surface area contributed by atoms with E-state index < -0.39 is 0 Å². The molecule has 0 radical (unpaired) electrons. The molecular formula is C17H23NO. The Kier molecular flexibility index (Phi) is 4.87. The van der Waals surface area contributed by atoms with Crippen LogP contribution < -0.4 is 10.1 Å². The smallest absolute Gasteiger partial charge is 0.119 e. The minimum absolute atomic E-state index is 0.473. The minimum Gasteiger partial charge on any atom is -0.497 e. The Morgan fingerprint density at radius 3 is 2.89 bits per heavy atom. The van der Waals surface area contributed by atoms with Gasteiger partial charge in [0.15, 0.2) is 0 Å². The molecule has 2 nitrogen and oxygen atoms in total. The van der Waals surface area contributed by atoms with Crippen molar-refractivity contribution in [1.29, 1.82) is 0 Å². The highest BCUT2D eigenvalue weighted by molar-refractivity contribution is 5.32. The van der Waals surface area contributed by atoms with Gasteiger partial charge in [-0.05, 0) is 42.9 Å². The van der Waals surface area contributed by atoms with E-state index in [0.29, 0.717) is 18.0 Å². The Hall–Kier alpha value is -1.46. The van der Waals surface area contributed by atoms with Crippen LogP contribution in [-0.4, -0.2) is 19.2 Å². The second-order valence-corrected chi connectivity index (χ2v) is 5.32. The number of methoxy groups -OCH3 is 1. The number of terminal acetylenes is 1. The van der Waals surface area contributed by atoms with Crippen LogP contribution in [0.1, 0.15) is 44.1 Å². The molecule has 2 rings (SSSR count). The van der Waals surface area contributed by atoms with Crippen LogP contribution in [0.4, 0.5) is 0 Å². The molecule has 1 aromatic rings. The van der Waals surface area contributed by atoms with Gasteiger partial charge >= 0.3 is 0 Å². The fourth-order valence-corrected chi connectivity index (χ4v) is 2.72. The zero-order valence-electron chi connectivity index (χ0n) is 11.9. The van der Waals surface area contributed by atoms with Crippen LogP contribution in [0, 0.1) is 12.3 Å². The summed E-state index contributed by atoms with van der Waals surface area (Å²) in [6.45, 7) is 2.19. The Bertz CT molecular complexity index is 443. The second kappa shape index (κ2) is 6.63. The Morgan fingerprint density at radius 2 is 2.26 bits per heavy atom. The van der Waals surface area contributed by atoms with E-state index in [9.17, 15) is 0 Å². The molecule has 1 N–H and O–H groups in total. The molecular weight excluding hydrogens is 234 g/mol. The molecule has 0 aliphatic heterocycles. The fourth-order valence-electron chi connectivity index (χ4n) is 2.72. The average molecular weight is 257 g/mol. The molecule has 0 bridgehead atoms. The zero-order valence-corrected chi connectivity index (χ0v) is 11.9. The van der Waals surface area contributed by atoms with Crippen molar-refractivity contribution < 1.29 is 4.74 Å². The first-order valence-electron chi connectivity index (χ1n) is 7.10. The van der Waals surface area contributed by atoms with E-state index >= 15 is 0 Å². The summed E-state index contributed by atoms with van der Waals surface area (Å²) in [5, 5.41) is 3.66. The molecule has 1 atom stereocenters. The number of nitrogens with one attached hydrogen (secondary N) is 1. The van der Waals surface area contributed by atoms with Crippen molar-refractivity contribution in [3.63, 3.8) is 0 Å². The van der Waals surface area contributed by atoms with Gasteiger partial charge in [-0.2, -0.15) is 0 Å². The van der Waals surface area contributed by atoms with Crippen molar-refractivity contribution in [2.45, 2.75) is 50.6 Å². The van der Waals surface area contributed by atoms with Gasteiger partial charge in [0.05, 0.1) is 7.11 Å². The standard InChI is InChI=1S/C17H23NO/c1-4-7-15(5-2)18-16-10-14(11-16)13-8-6-9-17(12-13)19-3/h1,6,8-9,12,14-16,18H,5,7,10-11H2,2-3H3. The van der Waals surface area contributed by atoms with E-state index in [-0.39, 0.29) is 0 Å². The normalized spacial score (nSPS) is 23.2. The summed E-state index contributed by atoms with van der Waals surface area (Å²) in [6.07, 6.45) is 9.72. The van der Waals surface area contributed by atoms with Gasteiger partial charge in [-0.3, -0.25) is 0 Å². The van der Waals surface area contributed by atoms with Crippen LogP contribution in [0.5, 0.6) is 5.75 Å². The third kappa shape index (κ3) is 3.52. The van der Waals surface area contributed by atoms with Crippen LogP contribution in [0.2, 0.25) is 0 Å². The van der Waals surface area contributed by atoms with Gasteiger partial charge in [-0.25, -0.2) is 0 Å². The Morgan fingerprint density at radius 1 is 1.47 bits per heavy atom. The number of rotatable bonds is 6. The highest BCUT2D eigenvalue weighted by Gasteiger charge is 2.31. The maximum Gasteiger partial charge on any atom is 0.119 e. The molecule has 0 spiro atoms. The SMILES string of the molecule is C#CCC(CC)NC1CC(c2cccc(OC)c2)C1. The third-order valence-electron chi connectivity index (χ3n) is 4.03. The van der Waals surface area contributed by atoms with Crippen LogP contribution in [0.25, 0.3) is 0 Å². The van der Waals surface area contributed by atoms with Gasteiger partial charge < -0.3 is 10.1 Å².